The number of hydrogen-bond donors (Lipinski definition) is 2. The molecular formula is C14H22N6S. The van der Waals surface area contributed by atoms with Gasteiger partial charge in [0.15, 0.2) is 0 Å². The molecule has 0 saturated heterocycles. The van der Waals surface area contributed by atoms with Crippen LogP contribution in [-0.2, 0) is 0 Å². The molecule has 0 aliphatic carbocycles. The van der Waals surface area contributed by atoms with Crippen LogP contribution in [0.2, 0.25) is 0 Å². The summed E-state index contributed by atoms with van der Waals surface area (Å²) in [4.78, 5) is 17.6. The number of aromatic nitrogens is 3. The lowest BCUT2D eigenvalue weighted by atomic mass is 10.1. The van der Waals surface area contributed by atoms with Gasteiger partial charge < -0.3 is 15.5 Å². The molecule has 0 spiro atoms. The zero-order valence-electron chi connectivity index (χ0n) is 13.4. The van der Waals surface area contributed by atoms with Crippen LogP contribution in [-0.4, -0.2) is 36.1 Å². The molecule has 1 unspecified atom stereocenters. The molecule has 114 valence electrons. The maximum atomic E-state index is 4.44. The quantitative estimate of drug-likeness (QED) is 0.885. The van der Waals surface area contributed by atoms with Crippen LogP contribution in [0.4, 0.5) is 17.8 Å². The zero-order valence-corrected chi connectivity index (χ0v) is 14.2. The predicted octanol–water partition coefficient (Wildman–Crippen LogP) is 2.83. The highest BCUT2D eigenvalue weighted by Gasteiger charge is 2.14. The first-order valence-corrected chi connectivity index (χ1v) is 7.67. The first-order chi connectivity index (χ1) is 9.90. The predicted molar refractivity (Wildman–Crippen MR) is 89.5 cm³/mol. The third-order valence-electron chi connectivity index (χ3n) is 3.14. The highest BCUT2D eigenvalue weighted by Crippen LogP contribution is 2.28. The molecule has 2 aromatic rings. The smallest absolute Gasteiger partial charge is 0.231 e. The lowest BCUT2D eigenvalue weighted by Gasteiger charge is -2.17. The first-order valence-electron chi connectivity index (χ1n) is 6.85. The third-order valence-corrected chi connectivity index (χ3v) is 4.12. The number of anilines is 3. The number of hydrogen-bond acceptors (Lipinski definition) is 7. The van der Waals surface area contributed by atoms with Crippen molar-refractivity contribution in [2.75, 3.05) is 36.7 Å². The number of thiophene rings is 1. The molecule has 1 atom stereocenters. The van der Waals surface area contributed by atoms with Crippen molar-refractivity contribution in [1.82, 2.24) is 15.0 Å². The molecule has 0 fully saturated rings. The normalized spacial score (nSPS) is 12.1. The highest BCUT2D eigenvalue weighted by atomic mass is 32.1. The van der Waals surface area contributed by atoms with Crippen LogP contribution in [0, 0.1) is 13.8 Å². The lowest BCUT2D eigenvalue weighted by Crippen LogP contribution is -2.17. The van der Waals surface area contributed by atoms with E-state index in [0.29, 0.717) is 17.8 Å². The van der Waals surface area contributed by atoms with Crippen molar-refractivity contribution in [3.63, 3.8) is 0 Å². The van der Waals surface area contributed by atoms with Gasteiger partial charge >= 0.3 is 0 Å². The van der Waals surface area contributed by atoms with Crippen molar-refractivity contribution in [3.8, 4) is 0 Å². The summed E-state index contributed by atoms with van der Waals surface area (Å²) in [5.74, 6) is 1.76. The van der Waals surface area contributed by atoms with Gasteiger partial charge in [0.25, 0.3) is 0 Å². The largest absolute Gasteiger partial charge is 0.357 e. The Labute approximate surface area is 129 Å². The second-order valence-electron chi connectivity index (χ2n) is 5.16. The summed E-state index contributed by atoms with van der Waals surface area (Å²) in [5.41, 5.74) is 1.29. The van der Waals surface area contributed by atoms with E-state index in [2.05, 4.69) is 52.4 Å². The molecule has 0 saturated carbocycles. The van der Waals surface area contributed by atoms with Gasteiger partial charge in [-0.2, -0.15) is 15.0 Å². The van der Waals surface area contributed by atoms with Gasteiger partial charge in [-0.15, -0.1) is 11.3 Å². The molecule has 0 aliphatic heterocycles. The van der Waals surface area contributed by atoms with Gasteiger partial charge in [0.1, 0.15) is 0 Å². The Morgan fingerprint density at radius 1 is 1.14 bits per heavy atom. The summed E-state index contributed by atoms with van der Waals surface area (Å²) in [6.07, 6.45) is 0. The summed E-state index contributed by atoms with van der Waals surface area (Å²) in [6, 6.07) is 2.36. The summed E-state index contributed by atoms with van der Waals surface area (Å²) < 4.78 is 0. The molecule has 2 heterocycles. The Kier molecular flexibility index (Phi) is 4.62. The van der Waals surface area contributed by atoms with E-state index in [9.17, 15) is 0 Å². The van der Waals surface area contributed by atoms with Gasteiger partial charge in [-0.25, -0.2) is 0 Å². The minimum atomic E-state index is 0.150. The fraction of sp³-hybridized carbons (Fsp3) is 0.500. The minimum Gasteiger partial charge on any atom is -0.357 e. The maximum Gasteiger partial charge on any atom is 0.231 e. The molecule has 21 heavy (non-hydrogen) atoms. The summed E-state index contributed by atoms with van der Waals surface area (Å²) >= 11 is 1.81. The average Bonchev–Trinajstić information content (AvgIpc) is 2.77. The maximum absolute atomic E-state index is 4.44. The molecule has 6 nitrogen and oxygen atoms in total. The molecule has 0 amide bonds. The second kappa shape index (κ2) is 6.26. The summed E-state index contributed by atoms with van der Waals surface area (Å²) in [6.45, 7) is 6.38. The van der Waals surface area contributed by atoms with Crippen molar-refractivity contribution in [2.24, 2.45) is 0 Å². The van der Waals surface area contributed by atoms with Crippen LogP contribution in [0.5, 0.6) is 0 Å². The Hall–Kier alpha value is -1.89. The first kappa shape index (κ1) is 15.5. The molecule has 2 rings (SSSR count). The van der Waals surface area contributed by atoms with E-state index in [1.807, 2.05) is 30.3 Å². The number of aryl methyl sites for hydroxylation is 2. The van der Waals surface area contributed by atoms with Gasteiger partial charge in [0.05, 0.1) is 6.04 Å². The average molecular weight is 306 g/mol. The molecule has 0 aromatic carbocycles. The van der Waals surface area contributed by atoms with Gasteiger partial charge in [0.2, 0.25) is 17.8 Å². The van der Waals surface area contributed by atoms with Gasteiger partial charge in [-0.1, -0.05) is 0 Å². The molecule has 0 radical (unpaired) electrons. The van der Waals surface area contributed by atoms with E-state index in [-0.39, 0.29) is 6.04 Å². The second-order valence-corrected chi connectivity index (χ2v) is 6.62. The molecule has 2 aromatic heterocycles. The van der Waals surface area contributed by atoms with Crippen molar-refractivity contribution < 1.29 is 0 Å². The molecule has 2 N–H and O–H groups in total. The van der Waals surface area contributed by atoms with Crippen molar-refractivity contribution in [3.05, 3.63) is 21.4 Å². The van der Waals surface area contributed by atoms with Crippen molar-refractivity contribution in [2.45, 2.75) is 26.8 Å². The van der Waals surface area contributed by atoms with Crippen LogP contribution in [0.25, 0.3) is 0 Å². The Morgan fingerprint density at radius 3 is 2.33 bits per heavy atom. The third kappa shape index (κ3) is 3.60. The Balaban J connectivity index is 2.26. The van der Waals surface area contributed by atoms with E-state index < -0.39 is 0 Å². The molecule has 0 bridgehead atoms. The van der Waals surface area contributed by atoms with Crippen LogP contribution in [0.15, 0.2) is 6.07 Å². The van der Waals surface area contributed by atoms with E-state index >= 15 is 0 Å². The Bertz CT molecular complexity index is 622. The molecular weight excluding hydrogens is 284 g/mol. The standard InChI is InChI=1S/C14H22N6S/c1-8-7-11(10(3)21-8)9(2)16-13-17-12(15-4)18-14(19-13)20(5)6/h7,9H,1-6H3,(H2,15,16,17,18,19). The number of nitrogens with one attached hydrogen (secondary N) is 2. The topological polar surface area (TPSA) is 66.0 Å². The number of rotatable bonds is 5. The SMILES string of the molecule is CNc1nc(NC(C)c2cc(C)sc2C)nc(N(C)C)n1. The summed E-state index contributed by atoms with van der Waals surface area (Å²) in [5, 5.41) is 6.32. The van der Waals surface area contributed by atoms with Crippen molar-refractivity contribution >= 4 is 29.2 Å². The Morgan fingerprint density at radius 2 is 1.81 bits per heavy atom. The van der Waals surface area contributed by atoms with Crippen LogP contribution >= 0.6 is 11.3 Å². The summed E-state index contributed by atoms with van der Waals surface area (Å²) in [7, 11) is 5.62. The molecule has 0 aliphatic rings. The van der Waals surface area contributed by atoms with E-state index in [4.69, 9.17) is 0 Å². The van der Waals surface area contributed by atoms with E-state index in [1.165, 1.54) is 15.3 Å². The van der Waals surface area contributed by atoms with Gasteiger partial charge in [-0.05, 0) is 32.4 Å². The van der Waals surface area contributed by atoms with Gasteiger partial charge in [-0.3, -0.25) is 0 Å². The van der Waals surface area contributed by atoms with E-state index in [1.54, 1.807) is 7.05 Å². The van der Waals surface area contributed by atoms with Crippen molar-refractivity contribution in [1.29, 1.82) is 0 Å². The van der Waals surface area contributed by atoms with Crippen LogP contribution in [0.1, 0.15) is 28.3 Å². The van der Waals surface area contributed by atoms with Gasteiger partial charge in [0, 0.05) is 30.9 Å². The van der Waals surface area contributed by atoms with E-state index in [0.717, 1.165) is 0 Å². The monoisotopic (exact) mass is 306 g/mol. The number of nitrogens with zero attached hydrogens (tertiary/aromatic N) is 4. The fourth-order valence-electron chi connectivity index (χ4n) is 2.09. The van der Waals surface area contributed by atoms with Crippen LogP contribution < -0.4 is 15.5 Å². The van der Waals surface area contributed by atoms with Crippen LogP contribution in [0.3, 0.4) is 0 Å². The zero-order chi connectivity index (χ0) is 15.6. The minimum absolute atomic E-state index is 0.150. The molecule has 7 heteroatoms. The lowest BCUT2D eigenvalue weighted by molar-refractivity contribution is 0.846. The fourth-order valence-corrected chi connectivity index (χ4v) is 3.12. The highest BCUT2D eigenvalue weighted by molar-refractivity contribution is 7.12.